The summed E-state index contributed by atoms with van der Waals surface area (Å²) in [6.07, 6.45) is 5.37. The van der Waals surface area contributed by atoms with Crippen LogP contribution in [0.4, 0.5) is 36.1 Å². The van der Waals surface area contributed by atoms with Gasteiger partial charge in [0.05, 0.1) is 41.4 Å². The van der Waals surface area contributed by atoms with E-state index in [1.807, 2.05) is 35.8 Å². The number of carbonyl (C=O) groups is 1. The maximum Gasteiger partial charge on any atom is 0.417 e. The van der Waals surface area contributed by atoms with E-state index >= 15 is 0 Å². The van der Waals surface area contributed by atoms with Gasteiger partial charge in [-0.1, -0.05) is 26.0 Å². The Balaban J connectivity index is 0.00000261. The summed E-state index contributed by atoms with van der Waals surface area (Å²) in [6.45, 7) is 12.8. The molecule has 13 heteroatoms. The van der Waals surface area contributed by atoms with Gasteiger partial charge in [0, 0.05) is 93.6 Å². The number of amides is 1. The molecule has 4 aromatic rings. The highest BCUT2D eigenvalue weighted by atomic mass is 19.4. The minimum Gasteiger partial charge on any atom is -0.372 e. The lowest BCUT2D eigenvalue weighted by atomic mass is 9.88. The largest absolute Gasteiger partial charge is 0.417 e. The summed E-state index contributed by atoms with van der Waals surface area (Å²) in [5.74, 6) is 2.01. The van der Waals surface area contributed by atoms with E-state index in [1.165, 1.54) is 47.0 Å². The van der Waals surface area contributed by atoms with Crippen molar-refractivity contribution >= 4 is 29.3 Å². The van der Waals surface area contributed by atoms with Crippen LogP contribution < -0.4 is 14.7 Å². The smallest absolute Gasteiger partial charge is 0.372 e. The first kappa shape index (κ1) is 43.1. The molecule has 1 aromatic heterocycles. The predicted molar refractivity (Wildman–Crippen MR) is 237 cm³/mol. The normalized spacial score (nSPS) is 19.2. The number of likely N-dealkylation sites (tertiary alicyclic amines) is 1. The first-order valence-electron chi connectivity index (χ1n) is 22.7. The van der Waals surface area contributed by atoms with Crippen LogP contribution in [0.5, 0.6) is 0 Å². The van der Waals surface area contributed by atoms with Gasteiger partial charge in [-0.3, -0.25) is 9.48 Å². The van der Waals surface area contributed by atoms with E-state index in [0.717, 1.165) is 108 Å². The van der Waals surface area contributed by atoms with Crippen molar-refractivity contribution in [3.8, 4) is 12.1 Å². The van der Waals surface area contributed by atoms with Crippen LogP contribution in [0.2, 0.25) is 0 Å². The molecule has 0 atom stereocenters. The third-order valence-electron chi connectivity index (χ3n) is 13.9. The summed E-state index contributed by atoms with van der Waals surface area (Å²) in [6, 6.07) is 23.3. The zero-order valence-corrected chi connectivity index (χ0v) is 36.1. The van der Waals surface area contributed by atoms with Crippen molar-refractivity contribution in [2.75, 3.05) is 73.6 Å². The lowest BCUT2D eigenvalue weighted by Crippen LogP contribution is -2.42. The van der Waals surface area contributed by atoms with E-state index in [0.29, 0.717) is 55.3 Å². The van der Waals surface area contributed by atoms with Crippen molar-refractivity contribution in [2.24, 2.45) is 5.92 Å². The van der Waals surface area contributed by atoms with Crippen LogP contribution in [-0.2, 0) is 30.4 Å². The number of nitriles is 2. The van der Waals surface area contributed by atoms with Crippen LogP contribution >= 0.6 is 0 Å². The van der Waals surface area contributed by atoms with Crippen molar-refractivity contribution in [1.82, 2.24) is 19.6 Å². The summed E-state index contributed by atoms with van der Waals surface area (Å²) in [7, 11) is 0. The molecule has 6 heterocycles. The summed E-state index contributed by atoms with van der Waals surface area (Å²) in [4.78, 5) is 23.2. The summed E-state index contributed by atoms with van der Waals surface area (Å²) >= 11 is 0. The van der Waals surface area contributed by atoms with Gasteiger partial charge in [0.2, 0.25) is 6.41 Å². The molecule has 5 aliphatic rings. The third-order valence-corrected chi connectivity index (χ3v) is 13.9. The van der Waals surface area contributed by atoms with Gasteiger partial charge in [0.1, 0.15) is 0 Å². The molecule has 10 nitrogen and oxygen atoms in total. The molecular weight excluding hydrogens is 788 g/mol. The van der Waals surface area contributed by atoms with E-state index in [2.05, 4.69) is 55.8 Å². The van der Waals surface area contributed by atoms with Crippen LogP contribution in [0.3, 0.4) is 0 Å². The van der Waals surface area contributed by atoms with Crippen molar-refractivity contribution in [3.63, 3.8) is 0 Å². The summed E-state index contributed by atoms with van der Waals surface area (Å²) in [5, 5.41) is 24.0. The lowest BCUT2D eigenvalue weighted by Gasteiger charge is -2.39. The molecule has 3 aromatic carbocycles. The topological polar surface area (TPSA) is 98.7 Å². The quantitative estimate of drug-likeness (QED) is 0.162. The van der Waals surface area contributed by atoms with E-state index in [1.54, 1.807) is 12.1 Å². The molecule has 62 heavy (non-hydrogen) atoms. The number of hydrogen-bond donors (Lipinski definition) is 0. The van der Waals surface area contributed by atoms with Gasteiger partial charge < -0.3 is 24.5 Å². The van der Waals surface area contributed by atoms with Gasteiger partial charge in [-0.05, 0) is 123 Å². The number of anilines is 4. The van der Waals surface area contributed by atoms with E-state index in [4.69, 9.17) is 10.4 Å². The highest BCUT2D eigenvalue weighted by Gasteiger charge is 2.36. The Kier molecular flexibility index (Phi) is 13.1. The minimum atomic E-state index is -4.55. The van der Waals surface area contributed by atoms with Crippen LogP contribution in [-0.4, -0.2) is 84.9 Å². The second-order valence-corrected chi connectivity index (χ2v) is 17.4. The Bertz CT molecular complexity index is 2270. The number of benzene rings is 3. The molecule has 0 radical (unpaired) electrons. The number of aryl methyl sites for hydroxylation is 1. The van der Waals surface area contributed by atoms with Crippen molar-refractivity contribution < 1.29 is 18.0 Å². The van der Waals surface area contributed by atoms with Crippen LogP contribution in [0.15, 0.2) is 60.7 Å². The molecule has 0 spiro atoms. The Morgan fingerprint density at radius 1 is 0.774 bits per heavy atom. The molecular formula is C49H58F3N9O. The summed E-state index contributed by atoms with van der Waals surface area (Å²) < 4.78 is 43.0. The van der Waals surface area contributed by atoms with E-state index in [9.17, 15) is 23.2 Å². The minimum absolute atomic E-state index is 0.336. The number of halogens is 3. The predicted octanol–water partition coefficient (Wildman–Crippen LogP) is 9.21. The molecule has 0 aliphatic carbocycles. The Hall–Kier alpha value is -5.53. The Morgan fingerprint density at radius 3 is 2.15 bits per heavy atom. The fourth-order valence-corrected chi connectivity index (χ4v) is 10.5. The molecule has 326 valence electrons. The van der Waals surface area contributed by atoms with Gasteiger partial charge in [-0.2, -0.15) is 28.8 Å². The summed E-state index contributed by atoms with van der Waals surface area (Å²) in [5.41, 5.74) is 7.31. The van der Waals surface area contributed by atoms with Crippen LogP contribution in [0, 0.1) is 28.6 Å². The van der Waals surface area contributed by atoms with E-state index in [-0.39, 0.29) is 5.56 Å². The number of fused-ring (bicyclic) bond motifs is 2. The van der Waals surface area contributed by atoms with Crippen molar-refractivity contribution in [2.45, 2.75) is 96.3 Å². The van der Waals surface area contributed by atoms with Gasteiger partial charge in [0.25, 0.3) is 0 Å². The van der Waals surface area contributed by atoms with Crippen molar-refractivity contribution in [1.29, 1.82) is 10.5 Å². The molecule has 0 bridgehead atoms. The SMILES string of the molecule is CC.N#Cc1ccc2c(c1)CCCN2c1nn(C2CCN(CC3CCN(c4ccc(C5CCN(c6ccc(C#N)c(C(F)(F)F)c6)CC5)cc4)CC3)CC2)c2c1CN(C=O)CC2. The molecule has 3 fully saturated rings. The van der Waals surface area contributed by atoms with Gasteiger partial charge in [-0.15, -0.1) is 0 Å². The highest BCUT2D eigenvalue weighted by molar-refractivity contribution is 5.70. The number of hydrogen-bond acceptors (Lipinski definition) is 8. The Morgan fingerprint density at radius 2 is 1.47 bits per heavy atom. The number of rotatable bonds is 8. The van der Waals surface area contributed by atoms with Crippen molar-refractivity contribution in [3.05, 3.63) is 99.7 Å². The highest BCUT2D eigenvalue weighted by Crippen LogP contribution is 2.41. The second-order valence-electron chi connectivity index (χ2n) is 17.4. The fourth-order valence-electron chi connectivity index (χ4n) is 10.5. The maximum atomic E-state index is 13.6. The average Bonchev–Trinajstić information content (AvgIpc) is 3.70. The molecule has 5 aliphatic heterocycles. The second kappa shape index (κ2) is 18.8. The molecule has 1 amide bonds. The number of carbonyl (C=O) groups excluding carboxylic acids is 1. The molecule has 0 unspecified atom stereocenters. The van der Waals surface area contributed by atoms with Crippen LogP contribution in [0.25, 0.3) is 0 Å². The first-order valence-corrected chi connectivity index (χ1v) is 22.7. The number of piperidine rings is 3. The number of alkyl halides is 3. The van der Waals surface area contributed by atoms with Crippen LogP contribution in [0.1, 0.15) is 110 Å². The monoisotopic (exact) mass is 845 g/mol. The van der Waals surface area contributed by atoms with Gasteiger partial charge >= 0.3 is 6.18 Å². The molecule has 0 N–H and O–H groups in total. The Labute approximate surface area is 364 Å². The van der Waals surface area contributed by atoms with Gasteiger partial charge in [0.15, 0.2) is 5.82 Å². The average molecular weight is 846 g/mol. The molecule has 9 rings (SSSR count). The lowest BCUT2D eigenvalue weighted by molar-refractivity contribution is -0.137. The standard InChI is InChI=1S/C47H52F3N9O.C2H6/c48-47(49,50)43-27-41(9-6-38(43)29-52)57-24-13-36(14-25-57)35-4-7-39(8-5-35)56-22-11-33(12-23-56)30-54-19-15-40(16-20-54)59-45-17-21-55(32-60)31-42(45)46(53-59)58-18-1-2-37-26-34(28-51)3-10-44(37)58;1-2/h3-10,26-27,32-33,36,40H,1-2,11-25,30-31H2;1-2H3. The van der Waals surface area contributed by atoms with E-state index < -0.39 is 11.7 Å². The molecule has 0 saturated carbocycles. The first-order chi connectivity index (χ1) is 30.2. The van der Waals surface area contributed by atoms with Gasteiger partial charge in [-0.25, -0.2) is 0 Å². The third kappa shape index (κ3) is 9.01. The fraction of sp³-hybridized carbons (Fsp3) is 0.510. The zero-order valence-electron chi connectivity index (χ0n) is 36.1. The maximum absolute atomic E-state index is 13.6. The zero-order chi connectivity index (χ0) is 43.4. The molecule has 3 saturated heterocycles. The number of nitrogens with zero attached hydrogens (tertiary/aromatic N) is 9. The number of aromatic nitrogens is 2.